The van der Waals surface area contributed by atoms with Gasteiger partial charge in [-0.25, -0.2) is 0 Å². The van der Waals surface area contributed by atoms with E-state index in [0.717, 1.165) is 29.2 Å². The van der Waals surface area contributed by atoms with Crippen LogP contribution in [0.15, 0.2) is 84.9 Å². The van der Waals surface area contributed by atoms with Crippen LogP contribution in [0.5, 0.6) is 0 Å². The molecule has 4 aromatic carbocycles. The monoisotopic (exact) mass is 494 g/mol. The largest absolute Gasteiger partial charge is 0.344 e. The molecule has 4 atom stereocenters. The zero-order chi connectivity index (χ0) is 23.6. The van der Waals surface area contributed by atoms with Crippen molar-refractivity contribution in [3.05, 3.63) is 96.1 Å². The SMILES string of the molecule is CC1(C)OC(Cc2cccc3[pH]c4ccccc4c23)C(Cc2cccc3[pH]c4ccccc4c23)O1. The number of fused-ring (bicyclic) bond motifs is 6. The lowest BCUT2D eigenvalue weighted by atomic mass is 9.94. The van der Waals surface area contributed by atoms with Gasteiger partial charge in [-0.2, -0.15) is 0 Å². The number of hydrogen-bond donors (Lipinski definition) is 0. The minimum atomic E-state index is -0.579. The maximum atomic E-state index is 6.56. The summed E-state index contributed by atoms with van der Waals surface area (Å²) in [5, 5.41) is 11.4. The van der Waals surface area contributed by atoms with Crippen LogP contribution in [-0.2, 0) is 22.3 Å². The van der Waals surface area contributed by atoms with E-state index >= 15 is 0 Å². The minimum Gasteiger partial charge on any atom is -0.344 e. The Morgan fingerprint density at radius 3 is 1.49 bits per heavy atom. The van der Waals surface area contributed by atoms with Crippen molar-refractivity contribution >= 4 is 58.4 Å². The highest BCUT2D eigenvalue weighted by atomic mass is 31.0. The molecule has 1 saturated heterocycles. The van der Waals surface area contributed by atoms with Gasteiger partial charge < -0.3 is 9.47 Å². The zero-order valence-electron chi connectivity index (χ0n) is 20.0. The van der Waals surface area contributed by atoms with Crippen LogP contribution < -0.4 is 0 Å². The molecule has 4 unspecified atom stereocenters. The molecule has 3 heterocycles. The molecule has 174 valence electrons. The molecule has 2 aromatic heterocycles. The topological polar surface area (TPSA) is 18.5 Å². The molecule has 7 rings (SSSR count). The molecule has 35 heavy (non-hydrogen) atoms. The number of rotatable bonds is 4. The van der Waals surface area contributed by atoms with E-state index < -0.39 is 5.79 Å². The summed E-state index contributed by atoms with van der Waals surface area (Å²) in [6, 6.07) is 31.3. The Kier molecular flexibility index (Phi) is 5.09. The molecule has 1 aliphatic heterocycles. The van der Waals surface area contributed by atoms with Crippen molar-refractivity contribution in [3.8, 4) is 0 Å². The average molecular weight is 495 g/mol. The van der Waals surface area contributed by atoms with Crippen molar-refractivity contribution in [3.63, 3.8) is 0 Å². The molecule has 0 aliphatic carbocycles. The maximum Gasteiger partial charge on any atom is 0.163 e. The first kappa shape index (κ1) is 21.7. The fourth-order valence-corrected chi connectivity index (χ4v) is 8.81. The molecule has 0 bridgehead atoms. The van der Waals surface area contributed by atoms with Crippen LogP contribution in [0.2, 0.25) is 0 Å². The fraction of sp³-hybridized carbons (Fsp3) is 0.226. The van der Waals surface area contributed by atoms with Crippen LogP contribution in [0, 0.1) is 0 Å². The van der Waals surface area contributed by atoms with Crippen molar-refractivity contribution in [2.24, 2.45) is 0 Å². The summed E-state index contributed by atoms with van der Waals surface area (Å²) in [5.74, 6) is -0.579. The van der Waals surface area contributed by atoms with Gasteiger partial charge >= 0.3 is 0 Å². The first-order chi connectivity index (χ1) is 17.1. The Bertz CT molecular complexity index is 1580. The van der Waals surface area contributed by atoms with E-state index in [9.17, 15) is 0 Å². The standard InChI is InChI=1S/C31H28O2P2/c1-31(2)32-23(17-19-9-7-15-27-29(19)21-11-3-5-13-25(21)34-27)24(33-31)18-20-10-8-16-28-30(20)22-12-4-6-14-26(22)35-28/h3-16,23-24,34-35H,17-18H2,1-2H3. The first-order valence-corrected chi connectivity index (χ1v) is 14.4. The van der Waals surface area contributed by atoms with Crippen molar-refractivity contribution in [1.82, 2.24) is 0 Å². The second-order valence-electron chi connectivity index (χ2n) is 10.1. The van der Waals surface area contributed by atoms with Crippen molar-refractivity contribution in [2.75, 3.05) is 0 Å². The van der Waals surface area contributed by atoms with E-state index in [1.165, 1.54) is 53.1 Å². The lowest BCUT2D eigenvalue weighted by molar-refractivity contribution is -0.145. The molecular formula is C31H28O2P2. The van der Waals surface area contributed by atoms with Gasteiger partial charge in [-0.05, 0) is 67.0 Å². The highest BCUT2D eigenvalue weighted by Crippen LogP contribution is 2.43. The Balaban J connectivity index is 1.28. The summed E-state index contributed by atoms with van der Waals surface area (Å²) in [7, 11) is 1.47. The highest BCUT2D eigenvalue weighted by Gasteiger charge is 2.41. The fourth-order valence-electron chi connectivity index (χ4n) is 5.98. The van der Waals surface area contributed by atoms with E-state index in [4.69, 9.17) is 9.47 Å². The van der Waals surface area contributed by atoms with Gasteiger partial charge in [0, 0.05) is 12.8 Å². The number of benzene rings is 4. The highest BCUT2D eigenvalue weighted by molar-refractivity contribution is 7.44. The Morgan fingerprint density at radius 2 is 1.00 bits per heavy atom. The van der Waals surface area contributed by atoms with Gasteiger partial charge in [-0.15, -0.1) is 16.4 Å². The Labute approximate surface area is 208 Å². The van der Waals surface area contributed by atoms with Crippen LogP contribution in [-0.4, -0.2) is 18.0 Å². The smallest absolute Gasteiger partial charge is 0.163 e. The molecule has 0 spiro atoms. The van der Waals surface area contributed by atoms with E-state index in [1.54, 1.807) is 0 Å². The predicted molar refractivity (Wildman–Crippen MR) is 153 cm³/mol. The number of hydrogen-bond acceptors (Lipinski definition) is 2. The third-order valence-corrected chi connectivity index (χ3v) is 10.1. The van der Waals surface area contributed by atoms with E-state index in [0.29, 0.717) is 0 Å². The summed E-state index contributed by atoms with van der Waals surface area (Å²) in [6.07, 6.45) is 1.76. The lowest BCUT2D eigenvalue weighted by Gasteiger charge is -2.18. The van der Waals surface area contributed by atoms with Gasteiger partial charge in [0.1, 0.15) is 0 Å². The summed E-state index contributed by atoms with van der Waals surface area (Å²) < 4.78 is 13.1. The molecule has 1 fully saturated rings. The summed E-state index contributed by atoms with van der Waals surface area (Å²) >= 11 is 0. The van der Waals surface area contributed by atoms with Gasteiger partial charge in [0.2, 0.25) is 0 Å². The van der Waals surface area contributed by atoms with Gasteiger partial charge in [-0.3, -0.25) is 0 Å². The molecule has 0 N–H and O–H groups in total. The molecule has 4 heteroatoms. The van der Waals surface area contributed by atoms with E-state index in [1.807, 2.05) is 0 Å². The Morgan fingerprint density at radius 1 is 0.571 bits per heavy atom. The average Bonchev–Trinajstić information content (AvgIpc) is 3.50. The third kappa shape index (κ3) is 3.72. The third-order valence-electron chi connectivity index (χ3n) is 7.36. The van der Waals surface area contributed by atoms with Gasteiger partial charge in [0.15, 0.2) is 5.79 Å². The molecule has 6 aromatic rings. The predicted octanol–water partition coefficient (Wildman–Crippen LogP) is 8.67. The molecular weight excluding hydrogens is 466 g/mol. The van der Waals surface area contributed by atoms with Crippen LogP contribution in [0.3, 0.4) is 0 Å². The quantitative estimate of drug-likeness (QED) is 0.244. The Hall–Kier alpha value is -2.60. The van der Waals surface area contributed by atoms with Crippen LogP contribution in [0.4, 0.5) is 0 Å². The molecule has 0 amide bonds. The molecule has 0 radical (unpaired) electrons. The second-order valence-corrected chi connectivity index (χ2v) is 12.8. The van der Waals surface area contributed by atoms with Gasteiger partial charge in [-0.1, -0.05) is 84.9 Å². The second kappa shape index (κ2) is 8.22. The van der Waals surface area contributed by atoms with E-state index in [-0.39, 0.29) is 12.2 Å². The minimum absolute atomic E-state index is 0.0162. The van der Waals surface area contributed by atoms with E-state index in [2.05, 4.69) is 98.8 Å². The molecule has 2 nitrogen and oxygen atoms in total. The first-order valence-electron chi connectivity index (χ1n) is 12.4. The van der Waals surface area contributed by atoms with Gasteiger partial charge in [0.25, 0.3) is 0 Å². The maximum absolute atomic E-state index is 6.56. The summed E-state index contributed by atoms with van der Waals surface area (Å²) in [6.45, 7) is 4.11. The zero-order valence-corrected chi connectivity index (χ0v) is 22.0. The molecule has 1 aliphatic rings. The van der Waals surface area contributed by atoms with Crippen molar-refractivity contribution in [1.29, 1.82) is 0 Å². The summed E-state index contributed by atoms with van der Waals surface area (Å²) in [5.41, 5.74) is 2.75. The van der Waals surface area contributed by atoms with Gasteiger partial charge in [0.05, 0.1) is 12.2 Å². The van der Waals surface area contributed by atoms with Crippen LogP contribution >= 0.6 is 16.4 Å². The number of ether oxygens (including phenoxy) is 2. The van der Waals surface area contributed by atoms with Crippen LogP contribution in [0.1, 0.15) is 25.0 Å². The normalized spacial score (nSPS) is 20.4. The summed E-state index contributed by atoms with van der Waals surface area (Å²) in [4.78, 5) is 0. The lowest BCUT2D eigenvalue weighted by Crippen LogP contribution is -2.27. The van der Waals surface area contributed by atoms with Crippen molar-refractivity contribution in [2.45, 2.75) is 44.7 Å². The molecule has 0 saturated carbocycles. The van der Waals surface area contributed by atoms with Crippen molar-refractivity contribution < 1.29 is 9.47 Å². The van der Waals surface area contributed by atoms with Crippen LogP contribution in [0.25, 0.3) is 42.0 Å².